The van der Waals surface area contributed by atoms with Gasteiger partial charge in [-0.3, -0.25) is 4.79 Å². The summed E-state index contributed by atoms with van der Waals surface area (Å²) in [6.45, 7) is 4.13. The molecule has 1 aromatic heterocycles. The van der Waals surface area contributed by atoms with E-state index in [0.717, 1.165) is 31.0 Å². The third-order valence-corrected chi connectivity index (χ3v) is 5.21. The molecule has 0 saturated carbocycles. The van der Waals surface area contributed by atoms with Gasteiger partial charge in [0.15, 0.2) is 0 Å². The second-order valence-electron chi connectivity index (χ2n) is 7.02. The molecule has 1 saturated heterocycles. The van der Waals surface area contributed by atoms with Crippen molar-refractivity contribution in [2.45, 2.75) is 45.1 Å². The molecule has 1 aromatic carbocycles. The van der Waals surface area contributed by atoms with Crippen LogP contribution in [0.25, 0.3) is 0 Å². The molecule has 1 atom stereocenters. The van der Waals surface area contributed by atoms with E-state index >= 15 is 0 Å². The Bertz CT molecular complexity index is 751. The molecule has 2 aliphatic rings. The van der Waals surface area contributed by atoms with Crippen LogP contribution in [0.3, 0.4) is 0 Å². The van der Waals surface area contributed by atoms with E-state index in [1.165, 1.54) is 31.2 Å². The van der Waals surface area contributed by atoms with Crippen molar-refractivity contribution < 1.29 is 4.79 Å². The van der Waals surface area contributed by atoms with Gasteiger partial charge in [-0.2, -0.15) is 0 Å². The highest BCUT2D eigenvalue weighted by Crippen LogP contribution is 2.32. The van der Waals surface area contributed by atoms with Crippen molar-refractivity contribution in [2.24, 2.45) is 0 Å². The molecule has 0 radical (unpaired) electrons. The smallest absolute Gasteiger partial charge is 0.278 e. The first kappa shape index (κ1) is 16.1. The number of para-hydroxylation sites is 1. The van der Waals surface area contributed by atoms with Crippen LogP contribution in [0.1, 0.15) is 48.7 Å². The minimum Gasteiger partial charge on any atom is -0.355 e. The molecule has 0 N–H and O–H groups in total. The van der Waals surface area contributed by atoms with E-state index in [1.54, 1.807) is 12.4 Å². The van der Waals surface area contributed by atoms with Crippen molar-refractivity contribution >= 4 is 17.4 Å². The normalized spacial score (nSPS) is 20.3. The van der Waals surface area contributed by atoms with Crippen molar-refractivity contribution in [3.05, 3.63) is 47.9 Å². The largest absolute Gasteiger partial charge is 0.355 e. The van der Waals surface area contributed by atoms with Crippen molar-refractivity contribution in [2.75, 3.05) is 22.9 Å². The summed E-state index contributed by atoms with van der Waals surface area (Å²) in [7, 11) is 0. The third-order valence-electron chi connectivity index (χ3n) is 5.21. The number of carbonyl (C=O) groups excluding carboxylic acids is 1. The molecular formula is C20H24N4O. The van der Waals surface area contributed by atoms with Gasteiger partial charge in [-0.25, -0.2) is 9.97 Å². The molecule has 0 spiro atoms. The molecule has 2 aromatic rings. The Labute approximate surface area is 148 Å². The fourth-order valence-electron chi connectivity index (χ4n) is 3.89. The summed E-state index contributed by atoms with van der Waals surface area (Å²) in [5.41, 5.74) is 2.64. The number of nitrogens with zero attached hydrogens (tertiary/aromatic N) is 4. The van der Waals surface area contributed by atoms with E-state index in [-0.39, 0.29) is 11.9 Å². The summed E-state index contributed by atoms with van der Waals surface area (Å²) in [5, 5.41) is 0. The first-order chi connectivity index (χ1) is 12.2. The number of fused-ring (bicyclic) bond motifs is 1. The average Bonchev–Trinajstić information content (AvgIpc) is 2.81. The molecule has 4 rings (SSSR count). The summed E-state index contributed by atoms with van der Waals surface area (Å²) in [4.78, 5) is 26.1. The average molecular weight is 336 g/mol. The highest BCUT2D eigenvalue weighted by atomic mass is 16.2. The Hall–Kier alpha value is -2.43. The van der Waals surface area contributed by atoms with Crippen LogP contribution in [0.15, 0.2) is 36.7 Å². The highest BCUT2D eigenvalue weighted by molar-refractivity contribution is 6.06. The molecule has 1 unspecified atom stereocenters. The Morgan fingerprint density at radius 1 is 1.04 bits per heavy atom. The van der Waals surface area contributed by atoms with Gasteiger partial charge in [-0.15, -0.1) is 0 Å². The van der Waals surface area contributed by atoms with Crippen molar-refractivity contribution in [1.29, 1.82) is 0 Å². The first-order valence-electron chi connectivity index (χ1n) is 9.22. The van der Waals surface area contributed by atoms with Crippen molar-refractivity contribution in [3.63, 3.8) is 0 Å². The lowest BCUT2D eigenvalue weighted by Crippen LogP contribution is -2.36. The number of hydrogen-bond donors (Lipinski definition) is 0. The standard InChI is InChI=1S/C20H24N4O/c1-15-12-16-8-4-5-9-18(16)24(15)20(25)17-13-22-19(14-21-17)23-10-6-2-3-7-11-23/h4-5,8-9,13-15H,2-3,6-7,10-12H2,1H3. The minimum atomic E-state index is -0.0626. The second kappa shape index (κ2) is 6.82. The lowest BCUT2D eigenvalue weighted by atomic mass is 10.1. The fourth-order valence-corrected chi connectivity index (χ4v) is 3.89. The number of amides is 1. The Morgan fingerprint density at radius 2 is 1.80 bits per heavy atom. The monoisotopic (exact) mass is 336 g/mol. The van der Waals surface area contributed by atoms with Crippen molar-refractivity contribution in [3.8, 4) is 0 Å². The van der Waals surface area contributed by atoms with Gasteiger partial charge in [0.05, 0.1) is 12.4 Å². The zero-order chi connectivity index (χ0) is 17.2. The predicted molar refractivity (Wildman–Crippen MR) is 99.1 cm³/mol. The van der Waals surface area contributed by atoms with E-state index in [4.69, 9.17) is 0 Å². The number of aromatic nitrogens is 2. The zero-order valence-corrected chi connectivity index (χ0v) is 14.7. The van der Waals surface area contributed by atoms with Crippen LogP contribution in [0, 0.1) is 0 Å². The highest BCUT2D eigenvalue weighted by Gasteiger charge is 2.32. The van der Waals surface area contributed by atoms with Crippen LogP contribution >= 0.6 is 0 Å². The summed E-state index contributed by atoms with van der Waals surface area (Å²) in [6, 6.07) is 8.25. The van der Waals surface area contributed by atoms with Gasteiger partial charge in [0, 0.05) is 24.8 Å². The molecule has 25 heavy (non-hydrogen) atoms. The van der Waals surface area contributed by atoms with Crippen LogP contribution < -0.4 is 9.80 Å². The Morgan fingerprint density at radius 3 is 2.52 bits per heavy atom. The number of rotatable bonds is 2. The Balaban J connectivity index is 1.55. The SMILES string of the molecule is CC1Cc2ccccc2N1C(=O)c1cnc(N2CCCCCC2)cn1. The van der Waals surface area contributed by atoms with Crippen LogP contribution in [-0.4, -0.2) is 35.0 Å². The first-order valence-corrected chi connectivity index (χ1v) is 9.22. The lowest BCUT2D eigenvalue weighted by Gasteiger charge is -2.23. The number of hydrogen-bond acceptors (Lipinski definition) is 4. The molecule has 2 aliphatic heterocycles. The number of carbonyl (C=O) groups is 1. The van der Waals surface area contributed by atoms with Gasteiger partial charge < -0.3 is 9.80 Å². The topological polar surface area (TPSA) is 49.3 Å². The van der Waals surface area contributed by atoms with Crippen LogP contribution in [0.2, 0.25) is 0 Å². The van der Waals surface area contributed by atoms with E-state index in [2.05, 4.69) is 27.9 Å². The summed E-state index contributed by atoms with van der Waals surface area (Å²) in [5.74, 6) is 0.820. The number of benzene rings is 1. The van der Waals surface area contributed by atoms with Gasteiger partial charge >= 0.3 is 0 Å². The summed E-state index contributed by atoms with van der Waals surface area (Å²) in [6.07, 6.45) is 9.25. The van der Waals surface area contributed by atoms with Crippen LogP contribution in [0.4, 0.5) is 11.5 Å². The number of anilines is 2. The molecule has 5 nitrogen and oxygen atoms in total. The van der Waals surface area contributed by atoms with Gasteiger partial charge in [-0.1, -0.05) is 31.0 Å². The fraction of sp³-hybridized carbons (Fsp3) is 0.450. The molecule has 1 fully saturated rings. The summed E-state index contributed by atoms with van der Waals surface area (Å²) < 4.78 is 0. The van der Waals surface area contributed by atoms with Crippen LogP contribution in [0.5, 0.6) is 0 Å². The zero-order valence-electron chi connectivity index (χ0n) is 14.7. The minimum absolute atomic E-state index is 0.0626. The quantitative estimate of drug-likeness (QED) is 0.843. The van der Waals surface area contributed by atoms with Gasteiger partial charge in [0.25, 0.3) is 5.91 Å². The van der Waals surface area contributed by atoms with E-state index in [9.17, 15) is 4.79 Å². The van der Waals surface area contributed by atoms with Gasteiger partial charge in [0.1, 0.15) is 11.5 Å². The maximum absolute atomic E-state index is 13.0. The van der Waals surface area contributed by atoms with Crippen molar-refractivity contribution in [1.82, 2.24) is 9.97 Å². The second-order valence-corrected chi connectivity index (χ2v) is 7.02. The molecule has 0 aliphatic carbocycles. The molecule has 5 heteroatoms. The molecule has 1 amide bonds. The van der Waals surface area contributed by atoms with E-state index in [1.807, 2.05) is 23.1 Å². The van der Waals surface area contributed by atoms with Gasteiger partial charge in [0.2, 0.25) is 0 Å². The van der Waals surface area contributed by atoms with Gasteiger partial charge in [-0.05, 0) is 37.8 Å². The lowest BCUT2D eigenvalue weighted by molar-refractivity contribution is 0.0976. The third kappa shape index (κ3) is 3.11. The molecule has 130 valence electrons. The molecule has 0 bridgehead atoms. The maximum Gasteiger partial charge on any atom is 0.278 e. The van der Waals surface area contributed by atoms with E-state index < -0.39 is 0 Å². The molecular weight excluding hydrogens is 312 g/mol. The maximum atomic E-state index is 13.0. The Kier molecular flexibility index (Phi) is 4.38. The predicted octanol–water partition coefficient (Wildman–Crippen LogP) is 3.45. The molecule has 3 heterocycles. The van der Waals surface area contributed by atoms with E-state index in [0.29, 0.717) is 5.69 Å². The summed E-state index contributed by atoms with van der Waals surface area (Å²) >= 11 is 0. The van der Waals surface area contributed by atoms with Crippen LogP contribution in [-0.2, 0) is 6.42 Å².